The molecule has 1 unspecified atom stereocenters. The van der Waals surface area contributed by atoms with Crippen molar-refractivity contribution in [3.05, 3.63) is 95.1 Å². The van der Waals surface area contributed by atoms with E-state index in [1.165, 1.54) is 6.08 Å². The summed E-state index contributed by atoms with van der Waals surface area (Å²) in [6.45, 7) is 12.5. The summed E-state index contributed by atoms with van der Waals surface area (Å²) >= 11 is 0. The Morgan fingerprint density at radius 1 is 1.05 bits per heavy atom. The van der Waals surface area contributed by atoms with E-state index in [1.807, 2.05) is 81.5 Å². The maximum Gasteiger partial charge on any atom is 0.333 e. The molecule has 2 aromatic rings. The van der Waals surface area contributed by atoms with Crippen LogP contribution in [-0.2, 0) is 14.3 Å². The van der Waals surface area contributed by atoms with Gasteiger partial charge in [0, 0.05) is 17.8 Å². The van der Waals surface area contributed by atoms with Gasteiger partial charge in [0.15, 0.2) is 0 Å². The Morgan fingerprint density at radius 2 is 1.64 bits per heavy atom. The summed E-state index contributed by atoms with van der Waals surface area (Å²) in [4.78, 5) is 13.7. The molecule has 1 aliphatic heterocycles. The molecule has 0 aromatic heterocycles. The first-order valence-electron chi connectivity index (χ1n) is 13.3. The fourth-order valence-electron chi connectivity index (χ4n) is 4.22. The molecule has 0 N–H and O–H groups in total. The Bertz CT molecular complexity index is 1540. The number of ether oxygens (including phenoxy) is 2. The quantitative estimate of drug-likeness (QED) is 0.125. The summed E-state index contributed by atoms with van der Waals surface area (Å²) in [6, 6.07) is 20.9. The lowest BCUT2D eigenvalue weighted by Crippen LogP contribution is -2.28. The van der Waals surface area contributed by atoms with Gasteiger partial charge in [-0.05, 0) is 81.3 Å². The number of azo groups is 1. The second kappa shape index (κ2) is 14.4. The number of allylic oxidation sites excluding steroid dienone is 1. The van der Waals surface area contributed by atoms with Crippen molar-refractivity contribution in [2.24, 2.45) is 10.2 Å². The fraction of sp³-hybridized carbons (Fsp3) is 0.273. The third kappa shape index (κ3) is 8.11. The molecule has 9 heteroatoms. The molecule has 0 radical (unpaired) electrons. The number of esters is 1. The number of hydrogen-bond donors (Lipinski definition) is 0. The lowest BCUT2D eigenvalue weighted by molar-refractivity contribution is -0.138. The highest BCUT2D eigenvalue weighted by molar-refractivity contribution is 5.86. The van der Waals surface area contributed by atoms with Gasteiger partial charge in [0.2, 0.25) is 0 Å². The minimum atomic E-state index is -0.770. The van der Waals surface area contributed by atoms with Crippen molar-refractivity contribution in [2.75, 3.05) is 24.6 Å². The minimum absolute atomic E-state index is 0.101. The van der Waals surface area contributed by atoms with E-state index >= 15 is 0 Å². The molecule has 1 aliphatic rings. The van der Waals surface area contributed by atoms with Crippen molar-refractivity contribution in [3.63, 3.8) is 0 Å². The molecule has 0 amide bonds. The van der Waals surface area contributed by atoms with Crippen molar-refractivity contribution >= 4 is 29.1 Å². The average Bonchev–Trinajstić information content (AvgIpc) is 3.24. The molecule has 0 spiro atoms. The topological polar surface area (TPSA) is 135 Å². The zero-order valence-corrected chi connectivity index (χ0v) is 24.2. The Balaban J connectivity index is 1.66. The Kier molecular flexibility index (Phi) is 10.7. The van der Waals surface area contributed by atoms with E-state index in [2.05, 4.69) is 27.8 Å². The molecule has 2 aromatic carbocycles. The first-order chi connectivity index (χ1) is 20.1. The molecular formula is C33H32N6O3. The van der Waals surface area contributed by atoms with Crippen LogP contribution < -0.4 is 4.90 Å². The van der Waals surface area contributed by atoms with E-state index in [0.717, 1.165) is 17.8 Å². The minimum Gasteiger partial charge on any atom is -0.460 e. The van der Waals surface area contributed by atoms with Crippen LogP contribution in [0.5, 0.6) is 0 Å². The third-order valence-corrected chi connectivity index (χ3v) is 6.48. The lowest BCUT2D eigenvalue weighted by Gasteiger charge is -2.22. The molecule has 0 fully saturated rings. The SMILES string of the molecule is C=C(C)C(=O)OCCN(CC)c1ccc(N=Nc2ccc(/C=C/C3=C(C#N)C(C=C(C#N)C#N)OC3(C)C)cc2)cc1. The molecule has 3 rings (SSSR count). The number of hydrogen-bond acceptors (Lipinski definition) is 9. The van der Waals surface area contributed by atoms with Gasteiger partial charge >= 0.3 is 5.97 Å². The van der Waals surface area contributed by atoms with Crippen LogP contribution in [0.3, 0.4) is 0 Å². The Morgan fingerprint density at radius 3 is 2.17 bits per heavy atom. The number of nitriles is 3. The predicted molar refractivity (Wildman–Crippen MR) is 161 cm³/mol. The van der Waals surface area contributed by atoms with Crippen LogP contribution in [0, 0.1) is 34.0 Å². The van der Waals surface area contributed by atoms with Crippen LogP contribution in [0.25, 0.3) is 6.08 Å². The van der Waals surface area contributed by atoms with Gasteiger partial charge in [-0.25, -0.2) is 4.79 Å². The van der Waals surface area contributed by atoms with E-state index in [4.69, 9.17) is 20.0 Å². The number of rotatable bonds is 11. The molecule has 0 bridgehead atoms. The molecule has 0 saturated heterocycles. The Labute approximate surface area is 246 Å². The number of likely N-dealkylation sites (N-methyl/N-ethyl adjacent to an activating group) is 1. The second-order valence-corrected chi connectivity index (χ2v) is 9.93. The first-order valence-corrected chi connectivity index (χ1v) is 13.3. The second-order valence-electron chi connectivity index (χ2n) is 9.93. The van der Waals surface area contributed by atoms with E-state index in [9.17, 15) is 10.1 Å². The highest BCUT2D eigenvalue weighted by atomic mass is 16.5. The summed E-state index contributed by atoms with van der Waals surface area (Å²) < 4.78 is 11.2. The first kappa shape index (κ1) is 31.2. The zero-order valence-electron chi connectivity index (χ0n) is 24.2. The molecule has 0 saturated carbocycles. The van der Waals surface area contributed by atoms with Crippen LogP contribution in [-0.4, -0.2) is 37.4 Å². The van der Waals surface area contributed by atoms with Gasteiger partial charge in [-0.1, -0.05) is 30.9 Å². The number of benzene rings is 2. The van der Waals surface area contributed by atoms with Crippen LogP contribution in [0.2, 0.25) is 0 Å². The molecule has 0 aliphatic carbocycles. The highest BCUT2D eigenvalue weighted by Crippen LogP contribution is 2.37. The van der Waals surface area contributed by atoms with E-state index in [-0.39, 0.29) is 12.2 Å². The summed E-state index contributed by atoms with van der Waals surface area (Å²) in [7, 11) is 0. The van der Waals surface area contributed by atoms with Gasteiger partial charge in [-0.15, -0.1) is 0 Å². The van der Waals surface area contributed by atoms with Crippen molar-refractivity contribution in [3.8, 4) is 18.2 Å². The fourth-order valence-corrected chi connectivity index (χ4v) is 4.22. The van der Waals surface area contributed by atoms with Crippen LogP contribution in [0.4, 0.5) is 17.1 Å². The normalized spacial score (nSPS) is 15.6. The van der Waals surface area contributed by atoms with Crippen LogP contribution in [0.15, 0.2) is 99.8 Å². The predicted octanol–water partition coefficient (Wildman–Crippen LogP) is 7.03. The standard InChI is InChI=1S/C33H32N6O3/c1-6-39(17-18-41-32(40)23(2)3)28-14-12-27(13-15-28)38-37-26-10-7-24(8-11-26)9-16-30-29(22-36)31(42-33(30,4)5)19-25(20-34)21-35/h7-16,19,31H,2,6,17-18H2,1,3-5H3/b16-9+,38-37?. The third-order valence-electron chi connectivity index (χ3n) is 6.48. The molecule has 42 heavy (non-hydrogen) atoms. The van der Waals surface area contributed by atoms with Gasteiger partial charge in [-0.2, -0.15) is 26.0 Å². The smallest absolute Gasteiger partial charge is 0.333 e. The zero-order chi connectivity index (χ0) is 30.7. The van der Waals surface area contributed by atoms with Gasteiger partial charge in [-0.3, -0.25) is 0 Å². The van der Waals surface area contributed by atoms with Crippen molar-refractivity contribution in [1.82, 2.24) is 0 Å². The Hall–Kier alpha value is -5.30. The monoisotopic (exact) mass is 560 g/mol. The number of carbonyl (C=O) groups excluding carboxylic acids is 1. The van der Waals surface area contributed by atoms with Crippen molar-refractivity contribution in [1.29, 1.82) is 15.8 Å². The summed E-state index contributed by atoms with van der Waals surface area (Å²) in [5.41, 5.74) is 3.82. The number of nitrogens with zero attached hydrogens (tertiary/aromatic N) is 6. The lowest BCUT2D eigenvalue weighted by atomic mass is 9.93. The van der Waals surface area contributed by atoms with Gasteiger partial charge in [0.1, 0.15) is 30.4 Å². The van der Waals surface area contributed by atoms with Crippen molar-refractivity contribution < 1.29 is 14.3 Å². The van der Waals surface area contributed by atoms with E-state index in [0.29, 0.717) is 34.6 Å². The molecule has 212 valence electrons. The maximum absolute atomic E-state index is 11.6. The summed E-state index contributed by atoms with van der Waals surface area (Å²) in [5.74, 6) is -0.390. The molecule has 9 nitrogen and oxygen atoms in total. The summed E-state index contributed by atoms with van der Waals surface area (Å²) in [5, 5.41) is 36.5. The number of anilines is 1. The molecule has 1 heterocycles. The van der Waals surface area contributed by atoms with Gasteiger partial charge in [0.25, 0.3) is 0 Å². The summed E-state index contributed by atoms with van der Waals surface area (Å²) in [6.07, 6.45) is 4.32. The molecular weight excluding hydrogens is 528 g/mol. The van der Waals surface area contributed by atoms with Crippen LogP contribution in [0.1, 0.15) is 33.3 Å². The van der Waals surface area contributed by atoms with Crippen molar-refractivity contribution in [2.45, 2.75) is 39.4 Å². The number of carbonyl (C=O) groups is 1. The average molecular weight is 561 g/mol. The largest absolute Gasteiger partial charge is 0.460 e. The van der Waals surface area contributed by atoms with Gasteiger partial charge in [0.05, 0.1) is 35.2 Å². The maximum atomic E-state index is 11.6. The van der Waals surface area contributed by atoms with Crippen LogP contribution >= 0.6 is 0 Å². The molecule has 1 atom stereocenters. The van der Waals surface area contributed by atoms with Gasteiger partial charge < -0.3 is 14.4 Å². The van der Waals surface area contributed by atoms with E-state index in [1.54, 1.807) is 19.1 Å². The van der Waals surface area contributed by atoms with E-state index < -0.39 is 17.7 Å². The highest BCUT2D eigenvalue weighted by Gasteiger charge is 2.38.